The van der Waals surface area contributed by atoms with Crippen molar-refractivity contribution < 1.29 is 0 Å². The molecule has 0 radical (unpaired) electrons. The van der Waals surface area contributed by atoms with E-state index in [1.807, 2.05) is 0 Å². The fourth-order valence-corrected chi connectivity index (χ4v) is 2.04. The third-order valence-electron chi connectivity index (χ3n) is 2.90. The maximum Gasteiger partial charge on any atom is 0.0233 e. The number of nitrogens with one attached hydrogen (secondary N) is 1. The van der Waals surface area contributed by atoms with Gasteiger partial charge >= 0.3 is 0 Å². The van der Waals surface area contributed by atoms with Crippen molar-refractivity contribution in [1.29, 1.82) is 0 Å². The van der Waals surface area contributed by atoms with Gasteiger partial charge in [0.25, 0.3) is 0 Å². The number of rotatable bonds is 6. The number of hydrogen-bond acceptors (Lipinski definition) is 3. The van der Waals surface area contributed by atoms with E-state index in [4.69, 9.17) is 0 Å². The van der Waals surface area contributed by atoms with Crippen molar-refractivity contribution in [2.45, 2.75) is 25.8 Å². The first-order valence-corrected chi connectivity index (χ1v) is 5.83. The predicted octanol–water partition coefficient (Wildman–Crippen LogP) is 0.622. The minimum Gasteiger partial charge on any atom is -0.315 e. The molecule has 0 aromatic rings. The van der Waals surface area contributed by atoms with E-state index in [0.29, 0.717) is 0 Å². The molecule has 0 aliphatic carbocycles. The van der Waals surface area contributed by atoms with Crippen LogP contribution in [-0.4, -0.2) is 62.7 Å². The maximum absolute atomic E-state index is 3.44. The fraction of sp³-hybridized carbons (Fsp3) is 1.00. The maximum atomic E-state index is 3.44. The van der Waals surface area contributed by atoms with Crippen LogP contribution >= 0.6 is 0 Å². The molecular formula is C11H25N3. The lowest BCUT2D eigenvalue weighted by atomic mass is 10.2. The highest BCUT2D eigenvalue weighted by atomic mass is 15.2. The molecule has 0 saturated carbocycles. The van der Waals surface area contributed by atoms with Gasteiger partial charge in [0.2, 0.25) is 0 Å². The number of likely N-dealkylation sites (N-methyl/N-ethyl adjacent to an activating group) is 1. The van der Waals surface area contributed by atoms with Crippen molar-refractivity contribution in [2.24, 2.45) is 0 Å². The van der Waals surface area contributed by atoms with Gasteiger partial charge in [0.1, 0.15) is 0 Å². The van der Waals surface area contributed by atoms with Crippen LogP contribution in [0, 0.1) is 0 Å². The van der Waals surface area contributed by atoms with Crippen LogP contribution < -0.4 is 5.32 Å². The van der Waals surface area contributed by atoms with Gasteiger partial charge in [0.05, 0.1) is 0 Å². The Kier molecular flexibility index (Phi) is 5.45. The van der Waals surface area contributed by atoms with Crippen molar-refractivity contribution in [3.63, 3.8) is 0 Å². The summed E-state index contributed by atoms with van der Waals surface area (Å²) in [6, 6.07) is 0.787. The molecule has 14 heavy (non-hydrogen) atoms. The van der Waals surface area contributed by atoms with Crippen molar-refractivity contribution in [3.05, 3.63) is 0 Å². The van der Waals surface area contributed by atoms with Gasteiger partial charge in [0.15, 0.2) is 0 Å². The SMILES string of the molecule is CCCN(CCN(C)C)C1CCNC1. The second kappa shape index (κ2) is 6.38. The van der Waals surface area contributed by atoms with Gasteiger partial charge in [-0.1, -0.05) is 6.92 Å². The standard InChI is InChI=1S/C11H25N3/c1-4-7-14(9-8-13(2)3)11-5-6-12-10-11/h11-12H,4-10H2,1-3H3. The highest BCUT2D eigenvalue weighted by molar-refractivity contribution is 4.80. The average molecular weight is 199 g/mol. The van der Waals surface area contributed by atoms with E-state index in [1.54, 1.807) is 0 Å². The second-order valence-corrected chi connectivity index (χ2v) is 4.49. The molecule has 0 aromatic carbocycles. The van der Waals surface area contributed by atoms with E-state index < -0.39 is 0 Å². The van der Waals surface area contributed by atoms with Crippen LogP contribution in [0.5, 0.6) is 0 Å². The minimum atomic E-state index is 0.787. The third-order valence-corrected chi connectivity index (χ3v) is 2.90. The Morgan fingerprint density at radius 2 is 2.00 bits per heavy atom. The summed E-state index contributed by atoms with van der Waals surface area (Å²) in [5, 5.41) is 3.44. The predicted molar refractivity (Wildman–Crippen MR) is 61.7 cm³/mol. The summed E-state index contributed by atoms with van der Waals surface area (Å²) in [6.07, 6.45) is 2.59. The molecule has 1 unspecified atom stereocenters. The lowest BCUT2D eigenvalue weighted by molar-refractivity contribution is 0.188. The molecule has 0 aromatic heterocycles. The Morgan fingerprint density at radius 1 is 1.21 bits per heavy atom. The van der Waals surface area contributed by atoms with Gasteiger partial charge in [0, 0.05) is 25.7 Å². The van der Waals surface area contributed by atoms with Crippen LogP contribution in [0.1, 0.15) is 19.8 Å². The molecule has 1 aliphatic heterocycles. The van der Waals surface area contributed by atoms with E-state index in [2.05, 4.69) is 36.1 Å². The summed E-state index contributed by atoms with van der Waals surface area (Å²) in [5.41, 5.74) is 0. The zero-order chi connectivity index (χ0) is 10.4. The van der Waals surface area contributed by atoms with E-state index in [0.717, 1.165) is 6.04 Å². The van der Waals surface area contributed by atoms with Crippen molar-refractivity contribution in [2.75, 3.05) is 46.8 Å². The summed E-state index contributed by atoms with van der Waals surface area (Å²) in [7, 11) is 4.30. The second-order valence-electron chi connectivity index (χ2n) is 4.49. The molecule has 1 N–H and O–H groups in total. The summed E-state index contributed by atoms with van der Waals surface area (Å²) in [4.78, 5) is 4.91. The zero-order valence-electron chi connectivity index (χ0n) is 9.92. The highest BCUT2D eigenvalue weighted by Crippen LogP contribution is 2.08. The summed E-state index contributed by atoms with van der Waals surface area (Å²) in [5.74, 6) is 0. The van der Waals surface area contributed by atoms with Gasteiger partial charge in [-0.2, -0.15) is 0 Å². The van der Waals surface area contributed by atoms with Crippen molar-refractivity contribution in [1.82, 2.24) is 15.1 Å². The normalized spacial score (nSPS) is 22.5. The van der Waals surface area contributed by atoms with Crippen LogP contribution in [-0.2, 0) is 0 Å². The summed E-state index contributed by atoms with van der Waals surface area (Å²) in [6.45, 7) is 8.30. The first-order chi connectivity index (χ1) is 6.74. The van der Waals surface area contributed by atoms with Gasteiger partial charge in [-0.25, -0.2) is 0 Å². The summed E-state index contributed by atoms with van der Waals surface area (Å²) < 4.78 is 0. The molecule has 0 spiro atoms. The van der Waals surface area contributed by atoms with E-state index in [1.165, 1.54) is 45.6 Å². The van der Waals surface area contributed by atoms with E-state index in [9.17, 15) is 0 Å². The van der Waals surface area contributed by atoms with Gasteiger partial charge in [-0.15, -0.1) is 0 Å². The lowest BCUT2D eigenvalue weighted by Crippen LogP contribution is -2.41. The molecule has 1 aliphatic rings. The molecule has 1 atom stereocenters. The van der Waals surface area contributed by atoms with Crippen molar-refractivity contribution >= 4 is 0 Å². The minimum absolute atomic E-state index is 0.787. The van der Waals surface area contributed by atoms with E-state index >= 15 is 0 Å². The first kappa shape index (κ1) is 12.0. The zero-order valence-corrected chi connectivity index (χ0v) is 9.92. The molecule has 3 heteroatoms. The van der Waals surface area contributed by atoms with Gasteiger partial charge in [-0.05, 0) is 40.0 Å². The Morgan fingerprint density at radius 3 is 2.50 bits per heavy atom. The highest BCUT2D eigenvalue weighted by Gasteiger charge is 2.20. The van der Waals surface area contributed by atoms with Crippen LogP contribution in [0.15, 0.2) is 0 Å². The molecule has 1 fully saturated rings. The molecule has 1 rings (SSSR count). The van der Waals surface area contributed by atoms with Crippen LogP contribution in [0.4, 0.5) is 0 Å². The Bertz CT molecular complexity index is 141. The van der Waals surface area contributed by atoms with Crippen LogP contribution in [0.3, 0.4) is 0 Å². The molecule has 84 valence electrons. The Labute approximate surface area is 88.5 Å². The molecule has 3 nitrogen and oxygen atoms in total. The molecular weight excluding hydrogens is 174 g/mol. The van der Waals surface area contributed by atoms with Gasteiger partial charge in [-0.3, -0.25) is 4.90 Å². The number of hydrogen-bond donors (Lipinski definition) is 1. The Balaban J connectivity index is 2.29. The average Bonchev–Trinajstić information content (AvgIpc) is 2.64. The van der Waals surface area contributed by atoms with Crippen LogP contribution in [0.25, 0.3) is 0 Å². The largest absolute Gasteiger partial charge is 0.315 e. The van der Waals surface area contributed by atoms with Crippen molar-refractivity contribution in [3.8, 4) is 0 Å². The van der Waals surface area contributed by atoms with Gasteiger partial charge < -0.3 is 10.2 Å². The topological polar surface area (TPSA) is 18.5 Å². The lowest BCUT2D eigenvalue weighted by Gasteiger charge is -2.29. The number of nitrogens with zero attached hydrogens (tertiary/aromatic N) is 2. The molecule has 1 heterocycles. The quantitative estimate of drug-likeness (QED) is 0.676. The summed E-state index contributed by atoms with van der Waals surface area (Å²) >= 11 is 0. The molecule has 0 amide bonds. The smallest absolute Gasteiger partial charge is 0.0233 e. The molecule has 0 bridgehead atoms. The fourth-order valence-electron chi connectivity index (χ4n) is 2.04. The van der Waals surface area contributed by atoms with Crippen LogP contribution in [0.2, 0.25) is 0 Å². The Hall–Kier alpha value is -0.120. The monoisotopic (exact) mass is 199 g/mol. The first-order valence-electron chi connectivity index (χ1n) is 5.83. The van der Waals surface area contributed by atoms with E-state index in [-0.39, 0.29) is 0 Å². The molecule has 1 saturated heterocycles. The third kappa shape index (κ3) is 3.95.